The first-order valence-corrected chi connectivity index (χ1v) is 8.34. The first-order valence-electron chi connectivity index (χ1n) is 8.34. The van der Waals surface area contributed by atoms with Gasteiger partial charge in [-0.2, -0.15) is 0 Å². The Kier molecular flexibility index (Phi) is 4.15. The van der Waals surface area contributed by atoms with Crippen LogP contribution in [-0.2, 0) is 11.8 Å². The zero-order valence-corrected chi connectivity index (χ0v) is 14.0. The van der Waals surface area contributed by atoms with Crippen LogP contribution in [0.4, 0.5) is 0 Å². The van der Waals surface area contributed by atoms with Crippen LogP contribution in [0.1, 0.15) is 28.4 Å². The molecule has 0 saturated carbocycles. The summed E-state index contributed by atoms with van der Waals surface area (Å²) in [4.78, 5) is 19.1. The average Bonchev–Trinajstić information content (AvgIpc) is 2.88. The van der Waals surface area contributed by atoms with Gasteiger partial charge < -0.3 is 9.64 Å². The van der Waals surface area contributed by atoms with Gasteiger partial charge in [0.2, 0.25) is 0 Å². The molecule has 3 heterocycles. The Morgan fingerprint density at radius 3 is 2.88 bits per heavy atom. The van der Waals surface area contributed by atoms with Gasteiger partial charge in [-0.15, -0.1) is 5.10 Å². The molecular weight excluding hydrogens is 318 g/mol. The average molecular weight is 337 g/mol. The fourth-order valence-corrected chi connectivity index (χ4v) is 3.18. The third-order valence-electron chi connectivity index (χ3n) is 4.52. The highest BCUT2D eigenvalue weighted by Gasteiger charge is 2.25. The third-order valence-corrected chi connectivity index (χ3v) is 4.52. The molecule has 7 heteroatoms. The van der Waals surface area contributed by atoms with Gasteiger partial charge in [0.1, 0.15) is 5.52 Å². The van der Waals surface area contributed by atoms with Crippen LogP contribution in [0.2, 0.25) is 0 Å². The molecule has 1 unspecified atom stereocenters. The second-order valence-corrected chi connectivity index (χ2v) is 6.09. The molecule has 1 aliphatic rings. The molecule has 25 heavy (non-hydrogen) atoms. The summed E-state index contributed by atoms with van der Waals surface area (Å²) in [6.07, 6.45) is 2.41. The van der Waals surface area contributed by atoms with Crippen LogP contribution in [0.25, 0.3) is 11.2 Å². The van der Waals surface area contributed by atoms with E-state index >= 15 is 0 Å². The van der Waals surface area contributed by atoms with Gasteiger partial charge in [-0.3, -0.25) is 4.79 Å². The first-order chi connectivity index (χ1) is 12.2. The second-order valence-electron chi connectivity index (χ2n) is 6.09. The van der Waals surface area contributed by atoms with E-state index in [-0.39, 0.29) is 12.0 Å². The van der Waals surface area contributed by atoms with Crippen molar-refractivity contribution < 1.29 is 9.53 Å². The summed E-state index contributed by atoms with van der Waals surface area (Å²) >= 11 is 0. The van der Waals surface area contributed by atoms with Crippen LogP contribution in [0.5, 0.6) is 0 Å². The normalized spacial score (nSPS) is 18.3. The summed E-state index contributed by atoms with van der Waals surface area (Å²) in [7, 11) is 1.76. The molecule has 2 aromatic heterocycles. The van der Waals surface area contributed by atoms with Crippen molar-refractivity contribution in [3.8, 4) is 0 Å². The molecule has 1 fully saturated rings. The Hall–Kier alpha value is -2.80. The maximum Gasteiger partial charge on any atom is 0.256 e. The van der Waals surface area contributed by atoms with Crippen LogP contribution in [0, 0.1) is 0 Å². The van der Waals surface area contributed by atoms with E-state index in [2.05, 4.69) is 27.4 Å². The Morgan fingerprint density at radius 1 is 1.20 bits per heavy atom. The molecule has 4 rings (SSSR count). The molecule has 0 spiro atoms. The van der Waals surface area contributed by atoms with Crippen LogP contribution in [0.15, 0.2) is 42.6 Å². The SMILES string of the molecule is Cn1nnc2c(C(=O)N3CCOC(c4ccccc4)CC3)ccnc21. The van der Waals surface area contributed by atoms with E-state index in [1.165, 1.54) is 0 Å². The minimum Gasteiger partial charge on any atom is -0.372 e. The lowest BCUT2D eigenvalue weighted by molar-refractivity contribution is 0.0585. The van der Waals surface area contributed by atoms with Gasteiger partial charge in [0.15, 0.2) is 5.65 Å². The maximum atomic E-state index is 13.0. The van der Waals surface area contributed by atoms with Crippen molar-refractivity contribution in [1.82, 2.24) is 24.9 Å². The largest absolute Gasteiger partial charge is 0.372 e. The van der Waals surface area contributed by atoms with Gasteiger partial charge in [0, 0.05) is 26.3 Å². The fourth-order valence-electron chi connectivity index (χ4n) is 3.18. The van der Waals surface area contributed by atoms with E-state index in [1.807, 2.05) is 23.1 Å². The molecule has 0 N–H and O–H groups in total. The Balaban J connectivity index is 1.55. The fraction of sp³-hybridized carbons (Fsp3) is 0.333. The van der Waals surface area contributed by atoms with E-state index in [0.29, 0.717) is 36.4 Å². The van der Waals surface area contributed by atoms with E-state index in [1.54, 1.807) is 24.0 Å². The molecule has 1 atom stereocenters. The molecule has 1 amide bonds. The summed E-state index contributed by atoms with van der Waals surface area (Å²) in [5.41, 5.74) is 2.84. The highest BCUT2D eigenvalue weighted by molar-refractivity contribution is 6.03. The molecule has 128 valence electrons. The van der Waals surface area contributed by atoms with Gasteiger partial charge in [0.05, 0.1) is 18.3 Å². The summed E-state index contributed by atoms with van der Waals surface area (Å²) in [6, 6.07) is 11.8. The van der Waals surface area contributed by atoms with Gasteiger partial charge >= 0.3 is 0 Å². The lowest BCUT2D eigenvalue weighted by atomic mass is 10.1. The van der Waals surface area contributed by atoms with Crippen molar-refractivity contribution in [2.75, 3.05) is 19.7 Å². The smallest absolute Gasteiger partial charge is 0.256 e. The number of ether oxygens (including phenoxy) is 1. The minimum absolute atomic E-state index is 0.0213. The first kappa shape index (κ1) is 15.7. The van der Waals surface area contributed by atoms with E-state index in [0.717, 1.165) is 12.0 Å². The summed E-state index contributed by atoms with van der Waals surface area (Å²) in [6.45, 7) is 1.72. The predicted molar refractivity (Wildman–Crippen MR) is 92.0 cm³/mol. The summed E-state index contributed by atoms with van der Waals surface area (Å²) in [5.74, 6) is -0.0507. The number of aryl methyl sites for hydroxylation is 1. The number of fused-ring (bicyclic) bond motifs is 1. The number of hydrogen-bond donors (Lipinski definition) is 0. The Bertz CT molecular complexity index is 893. The van der Waals surface area contributed by atoms with E-state index < -0.39 is 0 Å². The number of pyridine rings is 1. The number of nitrogens with zero attached hydrogens (tertiary/aromatic N) is 5. The quantitative estimate of drug-likeness (QED) is 0.715. The summed E-state index contributed by atoms with van der Waals surface area (Å²) in [5, 5.41) is 8.05. The second kappa shape index (κ2) is 6.60. The molecule has 0 bridgehead atoms. The van der Waals surface area contributed by atoms with Crippen LogP contribution in [0.3, 0.4) is 0 Å². The molecule has 1 aromatic carbocycles. The predicted octanol–water partition coefficient (Wildman–Crippen LogP) is 1.97. The maximum absolute atomic E-state index is 13.0. The molecule has 3 aromatic rings. The molecule has 1 aliphatic heterocycles. The Labute approximate surface area is 145 Å². The molecule has 0 aliphatic carbocycles. The number of carbonyl (C=O) groups excluding carboxylic acids is 1. The van der Waals surface area contributed by atoms with Crippen molar-refractivity contribution in [3.05, 3.63) is 53.7 Å². The van der Waals surface area contributed by atoms with Crippen LogP contribution in [-0.4, -0.2) is 50.5 Å². The van der Waals surface area contributed by atoms with Crippen molar-refractivity contribution >= 4 is 17.1 Å². The molecule has 7 nitrogen and oxygen atoms in total. The summed E-state index contributed by atoms with van der Waals surface area (Å²) < 4.78 is 7.53. The third kappa shape index (κ3) is 2.98. The van der Waals surface area contributed by atoms with Crippen LogP contribution >= 0.6 is 0 Å². The molecule has 1 saturated heterocycles. The highest BCUT2D eigenvalue weighted by atomic mass is 16.5. The minimum atomic E-state index is -0.0507. The number of benzene rings is 1. The van der Waals surface area contributed by atoms with Gasteiger partial charge in [-0.1, -0.05) is 35.5 Å². The standard InChI is InChI=1S/C18H19N5O2/c1-22-17-16(20-21-22)14(7-9-19-17)18(24)23-10-8-15(25-12-11-23)13-5-3-2-4-6-13/h2-7,9,15H,8,10-12H2,1H3. The number of hydrogen-bond acceptors (Lipinski definition) is 5. The van der Waals surface area contributed by atoms with Crippen molar-refractivity contribution in [2.45, 2.75) is 12.5 Å². The van der Waals surface area contributed by atoms with Crippen molar-refractivity contribution in [1.29, 1.82) is 0 Å². The number of carbonyl (C=O) groups is 1. The lowest BCUT2D eigenvalue weighted by Crippen LogP contribution is -2.33. The Morgan fingerprint density at radius 2 is 2.04 bits per heavy atom. The molecular formula is C18H19N5O2. The highest BCUT2D eigenvalue weighted by Crippen LogP contribution is 2.25. The number of rotatable bonds is 2. The number of amides is 1. The monoisotopic (exact) mass is 337 g/mol. The lowest BCUT2D eigenvalue weighted by Gasteiger charge is -2.19. The zero-order chi connectivity index (χ0) is 17.2. The van der Waals surface area contributed by atoms with Gasteiger partial charge in [-0.25, -0.2) is 9.67 Å². The van der Waals surface area contributed by atoms with Crippen molar-refractivity contribution in [3.63, 3.8) is 0 Å². The molecule has 0 radical (unpaired) electrons. The van der Waals surface area contributed by atoms with Crippen molar-refractivity contribution in [2.24, 2.45) is 7.05 Å². The topological polar surface area (TPSA) is 73.1 Å². The zero-order valence-electron chi connectivity index (χ0n) is 14.0. The van der Waals surface area contributed by atoms with Gasteiger partial charge in [0.25, 0.3) is 5.91 Å². The van der Waals surface area contributed by atoms with E-state index in [9.17, 15) is 4.79 Å². The van der Waals surface area contributed by atoms with Gasteiger partial charge in [-0.05, 0) is 18.1 Å². The van der Waals surface area contributed by atoms with Crippen LogP contribution < -0.4 is 0 Å². The number of aromatic nitrogens is 4. The van der Waals surface area contributed by atoms with E-state index in [4.69, 9.17) is 4.74 Å².